The molecule has 0 amide bonds. The molecule has 112 valence electrons. The molecule has 0 aliphatic carbocycles. The average molecular weight is 283 g/mol. The predicted octanol–water partition coefficient (Wildman–Crippen LogP) is 1.86. The predicted molar refractivity (Wildman–Crippen MR) is 75.3 cm³/mol. The van der Waals surface area contributed by atoms with E-state index in [9.17, 15) is 14.6 Å². The molecule has 2 atom stereocenters. The summed E-state index contributed by atoms with van der Waals surface area (Å²) in [5.41, 5.74) is 0.936. The summed E-state index contributed by atoms with van der Waals surface area (Å²) in [7, 11) is 0. The van der Waals surface area contributed by atoms with Crippen LogP contribution in [0.5, 0.6) is 0 Å². The van der Waals surface area contributed by atoms with Gasteiger partial charge in [0.2, 0.25) is 0 Å². The summed E-state index contributed by atoms with van der Waals surface area (Å²) < 4.78 is 19.1. The van der Waals surface area contributed by atoms with Crippen LogP contribution in [0.2, 0.25) is 0 Å². The molecule has 1 unspecified atom stereocenters. The smallest absolute Gasteiger partial charge is 0.123 e. The Balaban J connectivity index is 2.35. The first-order valence-electron chi connectivity index (χ1n) is 6.83. The Morgan fingerprint density at radius 1 is 1.50 bits per heavy atom. The van der Waals surface area contributed by atoms with Gasteiger partial charge in [-0.25, -0.2) is 4.39 Å². The maximum Gasteiger partial charge on any atom is 0.123 e. The van der Waals surface area contributed by atoms with Crippen LogP contribution in [0.25, 0.3) is 0 Å². The number of anilines is 1. The molecule has 2 rings (SSSR count). The minimum Gasteiger partial charge on any atom is -0.394 e. The molecule has 1 fully saturated rings. The van der Waals surface area contributed by atoms with Crippen LogP contribution in [-0.2, 0) is 4.74 Å². The number of aliphatic hydroxyl groups excluding tert-OH is 2. The Kier molecular flexibility index (Phi) is 4.32. The lowest BCUT2D eigenvalue weighted by Gasteiger charge is -2.44. The Morgan fingerprint density at radius 2 is 2.20 bits per heavy atom. The molecule has 1 aromatic rings. The van der Waals surface area contributed by atoms with Gasteiger partial charge in [-0.05, 0) is 39.0 Å². The largest absolute Gasteiger partial charge is 0.394 e. The van der Waals surface area contributed by atoms with Crippen LogP contribution >= 0.6 is 0 Å². The van der Waals surface area contributed by atoms with Crippen molar-refractivity contribution in [3.05, 3.63) is 29.6 Å². The second-order valence-electron chi connectivity index (χ2n) is 5.94. The van der Waals surface area contributed by atoms with Crippen LogP contribution < -0.4 is 4.90 Å². The lowest BCUT2D eigenvalue weighted by molar-refractivity contribution is -0.101. The van der Waals surface area contributed by atoms with Gasteiger partial charge in [-0.3, -0.25) is 0 Å². The standard InChI is InChI=1S/C15H22FNO3/c1-10(19)13-6-11(16)4-5-14(13)17-7-12(8-18)20-15(2,3)9-17/h4-6,10,12,18-19H,7-9H2,1-3H3/t10-,12?/m1/s1. The average Bonchev–Trinajstić information content (AvgIpc) is 2.36. The van der Waals surface area contributed by atoms with Gasteiger partial charge in [-0.15, -0.1) is 0 Å². The lowest BCUT2D eigenvalue weighted by Crippen LogP contribution is -2.54. The van der Waals surface area contributed by atoms with Crippen molar-refractivity contribution in [3.63, 3.8) is 0 Å². The topological polar surface area (TPSA) is 52.9 Å². The van der Waals surface area contributed by atoms with Crippen LogP contribution in [0.4, 0.5) is 10.1 Å². The summed E-state index contributed by atoms with van der Waals surface area (Å²) >= 11 is 0. The van der Waals surface area contributed by atoms with Gasteiger partial charge >= 0.3 is 0 Å². The molecular formula is C15H22FNO3. The Hall–Kier alpha value is -1.17. The SMILES string of the molecule is C[C@@H](O)c1cc(F)ccc1N1CC(CO)OC(C)(C)C1. The van der Waals surface area contributed by atoms with Crippen LogP contribution in [-0.4, -0.2) is 41.6 Å². The fourth-order valence-corrected chi connectivity index (χ4v) is 2.72. The molecule has 0 spiro atoms. The second kappa shape index (κ2) is 5.68. The zero-order valence-electron chi connectivity index (χ0n) is 12.1. The number of rotatable bonds is 3. The van der Waals surface area contributed by atoms with E-state index in [-0.39, 0.29) is 18.5 Å². The Labute approximate surface area is 118 Å². The van der Waals surface area contributed by atoms with E-state index in [1.54, 1.807) is 13.0 Å². The van der Waals surface area contributed by atoms with Crippen molar-refractivity contribution < 1.29 is 19.3 Å². The number of hydrogen-bond donors (Lipinski definition) is 2. The zero-order chi connectivity index (χ0) is 14.9. The summed E-state index contributed by atoms with van der Waals surface area (Å²) in [6.07, 6.45) is -1.04. The monoisotopic (exact) mass is 283 g/mol. The second-order valence-corrected chi connectivity index (χ2v) is 5.94. The number of morpholine rings is 1. The van der Waals surface area contributed by atoms with Crippen molar-refractivity contribution in [2.45, 2.75) is 38.6 Å². The molecule has 1 aliphatic heterocycles. The van der Waals surface area contributed by atoms with Crippen molar-refractivity contribution in [1.29, 1.82) is 0 Å². The molecule has 0 bridgehead atoms. The van der Waals surface area contributed by atoms with E-state index < -0.39 is 11.7 Å². The molecule has 1 aliphatic rings. The number of nitrogens with zero attached hydrogens (tertiary/aromatic N) is 1. The molecule has 0 aromatic heterocycles. The number of benzene rings is 1. The van der Waals surface area contributed by atoms with Gasteiger partial charge in [-0.1, -0.05) is 0 Å². The molecule has 20 heavy (non-hydrogen) atoms. The minimum atomic E-state index is -0.751. The van der Waals surface area contributed by atoms with Gasteiger partial charge < -0.3 is 19.8 Å². The van der Waals surface area contributed by atoms with E-state index in [0.29, 0.717) is 18.7 Å². The third-order valence-electron chi connectivity index (χ3n) is 3.47. The number of halogens is 1. The molecule has 0 radical (unpaired) electrons. The van der Waals surface area contributed by atoms with E-state index in [2.05, 4.69) is 0 Å². The van der Waals surface area contributed by atoms with Crippen molar-refractivity contribution in [3.8, 4) is 0 Å². The first kappa shape index (κ1) is 15.2. The molecule has 5 heteroatoms. The zero-order valence-corrected chi connectivity index (χ0v) is 12.1. The number of aliphatic hydroxyl groups is 2. The Bertz CT molecular complexity index is 476. The van der Waals surface area contributed by atoms with Crippen LogP contribution in [0.15, 0.2) is 18.2 Å². The number of hydrogen-bond acceptors (Lipinski definition) is 4. The number of ether oxygens (including phenoxy) is 1. The quantitative estimate of drug-likeness (QED) is 0.889. The highest BCUT2D eigenvalue weighted by Crippen LogP contribution is 2.32. The molecule has 0 saturated carbocycles. The first-order valence-corrected chi connectivity index (χ1v) is 6.83. The lowest BCUT2D eigenvalue weighted by atomic mass is 10.0. The summed E-state index contributed by atoms with van der Waals surface area (Å²) in [5, 5.41) is 19.2. The third-order valence-corrected chi connectivity index (χ3v) is 3.47. The summed E-state index contributed by atoms with van der Waals surface area (Å²) in [4.78, 5) is 2.03. The molecule has 1 saturated heterocycles. The van der Waals surface area contributed by atoms with E-state index in [1.807, 2.05) is 18.7 Å². The van der Waals surface area contributed by atoms with Gasteiger partial charge in [0.15, 0.2) is 0 Å². The van der Waals surface area contributed by atoms with Gasteiger partial charge in [0.1, 0.15) is 5.82 Å². The van der Waals surface area contributed by atoms with Gasteiger partial charge in [0.25, 0.3) is 0 Å². The van der Waals surface area contributed by atoms with Crippen LogP contribution in [0.3, 0.4) is 0 Å². The molecule has 1 aromatic carbocycles. The first-order chi connectivity index (χ1) is 9.32. The normalized spacial score (nSPS) is 23.7. The summed E-state index contributed by atoms with van der Waals surface area (Å²) in [6, 6.07) is 4.42. The van der Waals surface area contributed by atoms with Gasteiger partial charge in [0, 0.05) is 24.3 Å². The fourth-order valence-electron chi connectivity index (χ4n) is 2.72. The molecular weight excluding hydrogens is 261 g/mol. The van der Waals surface area contributed by atoms with Crippen LogP contribution in [0, 0.1) is 5.82 Å². The highest BCUT2D eigenvalue weighted by molar-refractivity contribution is 5.55. The van der Waals surface area contributed by atoms with Crippen molar-refractivity contribution in [1.82, 2.24) is 0 Å². The van der Waals surface area contributed by atoms with E-state index >= 15 is 0 Å². The highest BCUT2D eigenvalue weighted by Gasteiger charge is 2.34. The maximum atomic E-state index is 13.4. The Morgan fingerprint density at radius 3 is 2.80 bits per heavy atom. The maximum absolute atomic E-state index is 13.4. The van der Waals surface area contributed by atoms with Gasteiger partial charge in [0.05, 0.1) is 24.4 Å². The summed E-state index contributed by atoms with van der Waals surface area (Å²) in [5.74, 6) is -0.365. The van der Waals surface area contributed by atoms with E-state index in [0.717, 1.165) is 5.69 Å². The van der Waals surface area contributed by atoms with Gasteiger partial charge in [-0.2, -0.15) is 0 Å². The van der Waals surface area contributed by atoms with E-state index in [1.165, 1.54) is 12.1 Å². The summed E-state index contributed by atoms with van der Waals surface area (Å²) in [6.45, 7) is 6.60. The van der Waals surface area contributed by atoms with Crippen molar-refractivity contribution >= 4 is 5.69 Å². The molecule has 2 N–H and O–H groups in total. The van der Waals surface area contributed by atoms with Crippen LogP contribution in [0.1, 0.15) is 32.4 Å². The van der Waals surface area contributed by atoms with E-state index in [4.69, 9.17) is 4.74 Å². The molecule has 4 nitrogen and oxygen atoms in total. The van der Waals surface area contributed by atoms with Crippen molar-refractivity contribution in [2.24, 2.45) is 0 Å². The van der Waals surface area contributed by atoms with Crippen molar-refractivity contribution in [2.75, 3.05) is 24.6 Å². The highest BCUT2D eigenvalue weighted by atomic mass is 19.1. The molecule has 1 heterocycles. The fraction of sp³-hybridized carbons (Fsp3) is 0.600. The third kappa shape index (κ3) is 3.29. The minimum absolute atomic E-state index is 0.0643.